The normalized spacial score (nSPS) is 16.4. The number of esters is 1. The van der Waals surface area contributed by atoms with Crippen LogP contribution in [0, 0.1) is 0 Å². The van der Waals surface area contributed by atoms with Crippen molar-refractivity contribution in [2.45, 2.75) is 85.8 Å². The van der Waals surface area contributed by atoms with Crippen molar-refractivity contribution in [1.29, 1.82) is 0 Å². The van der Waals surface area contributed by atoms with Crippen molar-refractivity contribution in [1.82, 2.24) is 0 Å². The van der Waals surface area contributed by atoms with Gasteiger partial charge in [0, 0.05) is 21.5 Å². The Labute approximate surface area is 276 Å². The molecule has 242 valence electrons. The molecule has 44 heavy (non-hydrogen) atoms. The number of carbonyl (C=O) groups is 2. The Morgan fingerprint density at radius 1 is 0.727 bits per heavy atom. The average molecular weight is 778 g/mol. The first kappa shape index (κ1) is 36.2. The van der Waals surface area contributed by atoms with Gasteiger partial charge in [-0.15, -0.1) is 0 Å². The quantitative estimate of drug-likeness (QED) is 0.202. The Bertz CT molecular complexity index is 1640. The standard InChI is InChI=1S/C15H20BrN3O3S.C15H19BrO4S/c1-23(21,22)13-8-11(14(20)19-15(17)18)12(16)7-10(13)9-5-3-2-4-6-9;1-20-15(17)12-9-14(21(2,18)19)11(8-13(12)16)10-6-4-3-5-7-10/h7-9H,2-6H2,1H3,(H4,17,18,19,20);8-10H,3-7H2,1-2H3. The minimum absolute atomic E-state index is 0.137. The van der Waals surface area contributed by atoms with E-state index in [2.05, 4.69) is 36.9 Å². The second-order valence-electron chi connectivity index (χ2n) is 11.3. The van der Waals surface area contributed by atoms with E-state index in [1.165, 1.54) is 38.3 Å². The molecule has 4 rings (SSSR count). The fraction of sp³-hybridized carbons (Fsp3) is 0.500. The Hall–Kier alpha value is -2.29. The van der Waals surface area contributed by atoms with E-state index in [1.807, 2.05) is 0 Å². The molecule has 0 aliphatic heterocycles. The van der Waals surface area contributed by atoms with Gasteiger partial charge in [0.2, 0.25) is 0 Å². The number of benzene rings is 2. The van der Waals surface area contributed by atoms with Gasteiger partial charge in [0.15, 0.2) is 25.6 Å². The van der Waals surface area contributed by atoms with Crippen LogP contribution in [0.25, 0.3) is 0 Å². The van der Waals surface area contributed by atoms with Crippen molar-refractivity contribution in [3.05, 3.63) is 55.5 Å². The van der Waals surface area contributed by atoms with E-state index in [9.17, 15) is 26.4 Å². The number of aliphatic imine (C=N–C) groups is 1. The monoisotopic (exact) mass is 775 g/mol. The fourth-order valence-electron chi connectivity index (χ4n) is 5.85. The van der Waals surface area contributed by atoms with E-state index in [0.29, 0.717) is 8.95 Å². The maximum absolute atomic E-state index is 12.2. The van der Waals surface area contributed by atoms with Crippen molar-refractivity contribution in [2.75, 3.05) is 19.6 Å². The molecule has 0 spiro atoms. The number of hydrogen-bond donors (Lipinski definition) is 2. The van der Waals surface area contributed by atoms with Crippen molar-refractivity contribution in [3.63, 3.8) is 0 Å². The van der Waals surface area contributed by atoms with Gasteiger partial charge in [-0.05, 0) is 105 Å². The van der Waals surface area contributed by atoms with E-state index in [4.69, 9.17) is 16.2 Å². The first-order valence-corrected chi connectivity index (χ1v) is 19.7. The smallest absolute Gasteiger partial charge is 0.339 e. The van der Waals surface area contributed by atoms with Crippen molar-refractivity contribution in [2.24, 2.45) is 16.5 Å². The molecule has 2 saturated carbocycles. The predicted octanol–water partition coefficient (Wildman–Crippen LogP) is 6.00. The van der Waals surface area contributed by atoms with Crippen molar-refractivity contribution in [3.8, 4) is 0 Å². The lowest BCUT2D eigenvalue weighted by molar-refractivity contribution is 0.0599. The van der Waals surface area contributed by atoms with E-state index < -0.39 is 31.6 Å². The number of nitrogens with two attached hydrogens (primary N) is 2. The lowest BCUT2D eigenvalue weighted by Crippen LogP contribution is -2.24. The third-order valence-electron chi connectivity index (χ3n) is 7.95. The molecule has 2 fully saturated rings. The minimum atomic E-state index is -3.47. The molecule has 0 heterocycles. The number of rotatable bonds is 6. The highest BCUT2D eigenvalue weighted by Crippen LogP contribution is 2.40. The molecule has 0 bridgehead atoms. The van der Waals surface area contributed by atoms with Gasteiger partial charge < -0.3 is 16.2 Å². The lowest BCUT2D eigenvalue weighted by Gasteiger charge is -2.24. The van der Waals surface area contributed by atoms with Gasteiger partial charge in [-0.1, -0.05) is 38.5 Å². The summed E-state index contributed by atoms with van der Waals surface area (Å²) in [5, 5.41) is 0. The summed E-state index contributed by atoms with van der Waals surface area (Å²) in [6.07, 6.45) is 13.0. The highest BCUT2D eigenvalue weighted by Gasteiger charge is 2.27. The van der Waals surface area contributed by atoms with Gasteiger partial charge in [0.25, 0.3) is 5.91 Å². The van der Waals surface area contributed by atoms with Crippen molar-refractivity contribution < 1.29 is 31.2 Å². The minimum Gasteiger partial charge on any atom is -0.465 e. The van der Waals surface area contributed by atoms with E-state index in [0.717, 1.165) is 68.7 Å². The summed E-state index contributed by atoms with van der Waals surface area (Å²) in [6, 6.07) is 6.31. The second-order valence-corrected chi connectivity index (χ2v) is 17.0. The molecule has 0 unspecified atom stereocenters. The largest absolute Gasteiger partial charge is 0.465 e. The molecule has 1 amide bonds. The Morgan fingerprint density at radius 2 is 1.11 bits per heavy atom. The number of guanidine groups is 1. The molecule has 0 radical (unpaired) electrons. The van der Waals surface area contributed by atoms with Gasteiger partial charge in [0.05, 0.1) is 28.0 Å². The third-order valence-corrected chi connectivity index (χ3v) is 11.6. The van der Waals surface area contributed by atoms with Crippen LogP contribution in [0.1, 0.15) is 108 Å². The molecule has 0 aromatic heterocycles. The summed E-state index contributed by atoms with van der Waals surface area (Å²) in [5.41, 5.74) is 12.4. The highest BCUT2D eigenvalue weighted by molar-refractivity contribution is 9.10. The van der Waals surface area contributed by atoms with Crippen LogP contribution in [0.15, 0.2) is 48.0 Å². The van der Waals surface area contributed by atoms with Gasteiger partial charge in [-0.3, -0.25) is 4.79 Å². The summed E-state index contributed by atoms with van der Waals surface area (Å²) in [7, 11) is -5.58. The summed E-state index contributed by atoms with van der Waals surface area (Å²) in [6.45, 7) is 0. The van der Waals surface area contributed by atoms with E-state index in [-0.39, 0.29) is 38.7 Å². The van der Waals surface area contributed by atoms with Crippen LogP contribution in [0.4, 0.5) is 0 Å². The molecule has 0 saturated heterocycles. The first-order chi connectivity index (χ1) is 20.5. The zero-order chi connectivity index (χ0) is 32.8. The number of nitrogens with zero attached hydrogens (tertiary/aromatic N) is 1. The molecule has 0 atom stereocenters. The molecule has 2 aromatic rings. The van der Waals surface area contributed by atoms with Gasteiger partial charge in [-0.2, -0.15) is 4.99 Å². The van der Waals surface area contributed by atoms with Crippen LogP contribution in [0.2, 0.25) is 0 Å². The van der Waals surface area contributed by atoms with Crippen LogP contribution in [-0.2, 0) is 24.4 Å². The average Bonchev–Trinajstić information content (AvgIpc) is 2.96. The third kappa shape index (κ3) is 9.37. The van der Waals surface area contributed by atoms with Gasteiger partial charge in [-0.25, -0.2) is 21.6 Å². The number of ether oxygens (including phenoxy) is 1. The number of sulfone groups is 2. The zero-order valence-electron chi connectivity index (χ0n) is 25.1. The number of amides is 1. The maximum Gasteiger partial charge on any atom is 0.339 e. The molecular weight excluding hydrogens is 738 g/mol. The molecule has 10 nitrogen and oxygen atoms in total. The van der Waals surface area contributed by atoms with Gasteiger partial charge >= 0.3 is 5.97 Å². The predicted molar refractivity (Wildman–Crippen MR) is 178 cm³/mol. The summed E-state index contributed by atoms with van der Waals surface area (Å²) >= 11 is 6.70. The summed E-state index contributed by atoms with van der Waals surface area (Å²) < 4.78 is 54.4. The van der Waals surface area contributed by atoms with Gasteiger partial charge in [0.1, 0.15) is 0 Å². The van der Waals surface area contributed by atoms with Crippen LogP contribution < -0.4 is 11.5 Å². The first-order valence-electron chi connectivity index (χ1n) is 14.3. The highest BCUT2D eigenvalue weighted by atomic mass is 79.9. The SMILES string of the molecule is COC(=O)c1cc(S(C)(=O)=O)c(C2CCCCC2)cc1Br.CS(=O)(=O)c1cc(C(=O)N=C(N)N)c(Br)cc1C1CCCCC1. The number of hydrogen-bond acceptors (Lipinski definition) is 7. The summed E-state index contributed by atoms with van der Waals surface area (Å²) in [5.74, 6) is -1.14. The number of methoxy groups -OCH3 is 1. The number of halogens is 2. The lowest BCUT2D eigenvalue weighted by atomic mass is 9.84. The Morgan fingerprint density at radius 3 is 1.48 bits per heavy atom. The van der Waals surface area contributed by atoms with E-state index >= 15 is 0 Å². The zero-order valence-corrected chi connectivity index (χ0v) is 29.9. The topological polar surface area (TPSA) is 176 Å². The van der Waals surface area contributed by atoms with E-state index in [1.54, 1.807) is 12.1 Å². The molecule has 4 N–H and O–H groups in total. The Balaban J connectivity index is 0.000000241. The molecular formula is C30H39Br2N3O7S2. The molecule has 2 aliphatic carbocycles. The van der Waals surface area contributed by atoms with Crippen LogP contribution >= 0.6 is 31.9 Å². The Kier molecular flexibility index (Phi) is 12.6. The van der Waals surface area contributed by atoms with Crippen molar-refractivity contribution >= 4 is 69.4 Å². The molecule has 14 heteroatoms. The summed E-state index contributed by atoms with van der Waals surface area (Å²) in [4.78, 5) is 27.7. The van der Waals surface area contributed by atoms with Crippen LogP contribution in [0.3, 0.4) is 0 Å². The maximum atomic E-state index is 12.2. The molecule has 2 aromatic carbocycles. The second kappa shape index (κ2) is 15.3. The molecule has 2 aliphatic rings. The van der Waals surface area contributed by atoms with Crippen LogP contribution in [-0.4, -0.2) is 54.3 Å². The fourth-order valence-corrected chi connectivity index (χ4v) is 8.88. The number of carbonyl (C=O) groups excluding carboxylic acids is 2. The van der Waals surface area contributed by atoms with Crippen LogP contribution in [0.5, 0.6) is 0 Å².